The molecule has 0 spiro atoms. The third-order valence-corrected chi connectivity index (χ3v) is 17.9. The maximum Gasteiger partial charge on any atom is 0.472 e. The van der Waals surface area contributed by atoms with Crippen LogP contribution in [-0.2, 0) is 55.8 Å². The van der Waals surface area contributed by atoms with E-state index in [1.165, 1.54) is 57.8 Å². The van der Waals surface area contributed by atoms with E-state index < -0.39 is 91.5 Å². The van der Waals surface area contributed by atoms with Gasteiger partial charge in [0.25, 0.3) is 0 Å². The van der Waals surface area contributed by atoms with E-state index in [4.69, 9.17) is 32.3 Å². The van der Waals surface area contributed by atoms with Crippen LogP contribution in [-0.4, -0.2) is 95.9 Å². The fourth-order valence-corrected chi connectivity index (χ4v) is 11.7. The molecule has 0 aromatic heterocycles. The van der Waals surface area contributed by atoms with Crippen molar-refractivity contribution in [2.45, 2.75) is 322 Å². The lowest BCUT2D eigenvalue weighted by atomic mass is 10.1. The lowest BCUT2D eigenvalue weighted by Gasteiger charge is -2.21. The Hall–Kier alpha value is -4.57. The Morgan fingerprint density at radius 1 is 0.287 bits per heavy atom. The minimum Gasteiger partial charge on any atom is -0.463 e. The summed E-state index contributed by atoms with van der Waals surface area (Å²) in [5, 5.41) is 20.6. The summed E-state index contributed by atoms with van der Waals surface area (Å²) in [5.41, 5.74) is 0. The number of phosphoric ester groups is 2. The fourth-order valence-electron chi connectivity index (χ4n) is 10.1. The van der Waals surface area contributed by atoms with Crippen molar-refractivity contribution in [1.29, 1.82) is 0 Å². The van der Waals surface area contributed by atoms with Crippen molar-refractivity contribution in [3.05, 3.63) is 146 Å². The van der Waals surface area contributed by atoms with E-state index in [0.29, 0.717) is 19.3 Å². The highest BCUT2D eigenvalue weighted by Gasteiger charge is 2.29. The number of carbonyl (C=O) groups excluding carboxylic acids is 3. The van der Waals surface area contributed by atoms with Crippen molar-refractivity contribution in [3.63, 3.8) is 0 Å². The number of allylic oxidation sites excluding steroid dienone is 24. The third-order valence-electron chi connectivity index (χ3n) is 16.0. The van der Waals surface area contributed by atoms with Gasteiger partial charge in [-0.2, -0.15) is 0 Å². The van der Waals surface area contributed by atoms with Gasteiger partial charge >= 0.3 is 33.6 Å². The van der Waals surface area contributed by atoms with E-state index >= 15 is 0 Å². The molecular weight excluding hydrogens is 1310 g/mol. The highest BCUT2D eigenvalue weighted by Crippen LogP contribution is 2.45. The largest absolute Gasteiger partial charge is 0.472 e. The van der Waals surface area contributed by atoms with E-state index in [2.05, 4.69) is 167 Å². The van der Waals surface area contributed by atoms with Gasteiger partial charge in [0.05, 0.1) is 26.4 Å². The second-order valence-electron chi connectivity index (χ2n) is 25.7. The number of aliphatic hydroxyl groups excluding tert-OH is 2. The maximum absolute atomic E-state index is 13.0. The van der Waals surface area contributed by atoms with Crippen molar-refractivity contribution in [3.8, 4) is 0 Å². The molecular formula is C83H140O16P2. The lowest BCUT2D eigenvalue weighted by Crippen LogP contribution is -2.30. The van der Waals surface area contributed by atoms with Gasteiger partial charge in [0, 0.05) is 19.3 Å². The summed E-state index contributed by atoms with van der Waals surface area (Å²) in [7, 11) is -9.80. The Labute approximate surface area is 613 Å². The van der Waals surface area contributed by atoms with Crippen LogP contribution in [0.2, 0.25) is 0 Å². The Kier molecular flexibility index (Phi) is 71.7. The Bertz CT molecular complexity index is 2420. The summed E-state index contributed by atoms with van der Waals surface area (Å²) in [6.07, 6.45) is 91.7. The molecule has 0 aromatic rings. The normalized spacial score (nSPS) is 14.8. The van der Waals surface area contributed by atoms with Gasteiger partial charge in [0.15, 0.2) is 6.10 Å². The number of ether oxygens (including phenoxy) is 3. The standard InChI is InChI=1S/C83H140O16P2/c1-4-7-10-13-16-19-22-25-28-30-32-34-36-37-38-39-41-43-44-46-49-51-54-57-60-63-66-69-81(86)93-72-78(84)73-95-100(89,90)96-74-79(85)75-97-101(91,92)98-77-80(99-83(88)71-68-65-62-59-56-53-48-27-24-21-18-15-12-9-6-3)76-94-82(87)70-67-64-61-58-55-52-50-47-45-42-40-35-33-31-29-26-23-20-17-14-11-8-5-2/h7-8,10-11,16-17,19-20,25-29,32-35,37-38,41-43,45,48,78-80,84-85H,4-6,9,12-15,18,21-24,30-31,36,39-40,44,46-47,49-77H2,1-3H3,(H,89,90)(H,91,92)/b10-7-,11-8-,19-16-,20-17-,28-25-,29-26-,34-32-,35-33-,38-37-,43-41-,45-42-,48-27-. The van der Waals surface area contributed by atoms with Crippen LogP contribution in [0.15, 0.2) is 146 Å². The first-order valence-corrected chi connectivity index (χ1v) is 42.1. The Morgan fingerprint density at radius 2 is 0.525 bits per heavy atom. The van der Waals surface area contributed by atoms with Gasteiger partial charge in [0.1, 0.15) is 25.4 Å². The van der Waals surface area contributed by atoms with Crippen molar-refractivity contribution in [2.75, 3.05) is 39.6 Å². The van der Waals surface area contributed by atoms with Gasteiger partial charge in [-0.1, -0.05) is 289 Å². The summed E-state index contributed by atoms with van der Waals surface area (Å²) in [4.78, 5) is 58.6. The zero-order valence-electron chi connectivity index (χ0n) is 63.0. The quantitative estimate of drug-likeness (QED) is 0.0146. The predicted molar refractivity (Wildman–Crippen MR) is 417 cm³/mol. The van der Waals surface area contributed by atoms with E-state index in [1.807, 2.05) is 0 Å². The molecule has 16 nitrogen and oxygen atoms in total. The van der Waals surface area contributed by atoms with Gasteiger partial charge in [-0.15, -0.1) is 0 Å². The predicted octanol–water partition coefficient (Wildman–Crippen LogP) is 22.9. The number of unbranched alkanes of at least 4 members (excludes halogenated alkanes) is 26. The SMILES string of the molecule is CC/C=C\C/C=C\C/C=C\C/C=C\C/C=C\C/C=C\CCCCCCCCCCC(=O)OCC(O)COP(=O)(O)OCC(O)COP(=O)(O)OCC(COC(=O)CCCCCCCCC/C=C\C/C=C\C/C=C\C/C=C\C/C=C\CC)OC(=O)CCCCCCC/C=C\CCCCCCCC. The maximum atomic E-state index is 13.0. The zero-order chi connectivity index (χ0) is 73.7. The first kappa shape index (κ1) is 96.4. The molecule has 0 rings (SSSR count). The lowest BCUT2D eigenvalue weighted by molar-refractivity contribution is -0.161. The summed E-state index contributed by atoms with van der Waals surface area (Å²) in [6.45, 7) is 2.42. The first-order chi connectivity index (χ1) is 49.2. The molecule has 0 aliphatic rings. The van der Waals surface area contributed by atoms with Gasteiger partial charge in [-0.05, 0) is 141 Å². The number of esters is 3. The van der Waals surface area contributed by atoms with Gasteiger partial charge in [0.2, 0.25) is 0 Å². The number of phosphoric acid groups is 2. The number of carbonyl (C=O) groups is 3. The molecule has 5 unspecified atom stereocenters. The number of aliphatic hydroxyl groups is 2. The van der Waals surface area contributed by atoms with Crippen LogP contribution in [0.4, 0.5) is 0 Å². The van der Waals surface area contributed by atoms with Gasteiger partial charge < -0.3 is 34.2 Å². The average molecular weight is 1460 g/mol. The van der Waals surface area contributed by atoms with Crippen LogP contribution in [0.3, 0.4) is 0 Å². The van der Waals surface area contributed by atoms with Crippen LogP contribution in [0.5, 0.6) is 0 Å². The molecule has 0 radical (unpaired) electrons. The highest BCUT2D eigenvalue weighted by atomic mass is 31.2. The topological polar surface area (TPSA) is 231 Å². The summed E-state index contributed by atoms with van der Waals surface area (Å²) >= 11 is 0. The molecule has 101 heavy (non-hydrogen) atoms. The molecule has 0 aliphatic heterocycles. The molecule has 0 amide bonds. The second-order valence-corrected chi connectivity index (χ2v) is 28.7. The van der Waals surface area contributed by atoms with Gasteiger partial charge in [-0.25, -0.2) is 9.13 Å². The van der Waals surface area contributed by atoms with Crippen molar-refractivity contribution in [1.82, 2.24) is 0 Å². The number of rotatable bonds is 73. The van der Waals surface area contributed by atoms with Crippen LogP contribution >= 0.6 is 15.6 Å². The Balaban J connectivity index is 4.61. The fraction of sp³-hybridized carbons (Fsp3) is 0.675. The van der Waals surface area contributed by atoms with Crippen molar-refractivity contribution >= 4 is 33.6 Å². The molecule has 0 aromatic carbocycles. The van der Waals surface area contributed by atoms with E-state index in [-0.39, 0.29) is 19.3 Å². The first-order valence-electron chi connectivity index (χ1n) is 39.1. The van der Waals surface area contributed by atoms with Gasteiger partial charge in [-0.3, -0.25) is 32.5 Å². The second kappa shape index (κ2) is 75.1. The third kappa shape index (κ3) is 76.4. The molecule has 0 aliphatic carbocycles. The van der Waals surface area contributed by atoms with E-state index in [0.717, 1.165) is 186 Å². The average Bonchev–Trinajstić information content (AvgIpc) is 0.951. The van der Waals surface area contributed by atoms with Crippen LogP contribution < -0.4 is 0 Å². The highest BCUT2D eigenvalue weighted by molar-refractivity contribution is 7.47. The smallest absolute Gasteiger partial charge is 0.463 e. The molecule has 578 valence electrons. The van der Waals surface area contributed by atoms with E-state index in [9.17, 15) is 43.5 Å². The molecule has 0 bridgehead atoms. The minimum absolute atomic E-state index is 0.0889. The number of hydrogen-bond donors (Lipinski definition) is 4. The van der Waals surface area contributed by atoms with Crippen molar-refractivity contribution < 1.29 is 75.8 Å². The molecule has 0 heterocycles. The summed E-state index contributed by atoms with van der Waals surface area (Å²) in [6, 6.07) is 0. The van der Waals surface area contributed by atoms with Crippen molar-refractivity contribution in [2.24, 2.45) is 0 Å². The van der Waals surface area contributed by atoms with Crippen LogP contribution in [0.1, 0.15) is 303 Å². The summed E-state index contributed by atoms with van der Waals surface area (Å²) in [5.74, 6) is -1.61. The molecule has 0 saturated heterocycles. The van der Waals surface area contributed by atoms with Crippen LogP contribution in [0.25, 0.3) is 0 Å². The minimum atomic E-state index is -4.94. The summed E-state index contributed by atoms with van der Waals surface area (Å²) < 4.78 is 61.1. The van der Waals surface area contributed by atoms with Crippen LogP contribution in [0, 0.1) is 0 Å². The zero-order valence-corrected chi connectivity index (χ0v) is 64.8. The molecule has 5 atom stereocenters. The van der Waals surface area contributed by atoms with E-state index in [1.54, 1.807) is 0 Å². The number of hydrogen-bond acceptors (Lipinski definition) is 14. The monoisotopic (exact) mass is 1450 g/mol. The Morgan fingerprint density at radius 3 is 0.842 bits per heavy atom. The molecule has 18 heteroatoms. The molecule has 4 N–H and O–H groups in total. The molecule has 0 fully saturated rings. The molecule has 0 saturated carbocycles.